The van der Waals surface area contributed by atoms with Crippen molar-refractivity contribution in [1.29, 1.82) is 0 Å². The Morgan fingerprint density at radius 1 is 1.36 bits per heavy atom. The van der Waals surface area contributed by atoms with E-state index >= 15 is 0 Å². The van der Waals surface area contributed by atoms with E-state index in [1.807, 2.05) is 0 Å². The van der Waals surface area contributed by atoms with Gasteiger partial charge < -0.3 is 0 Å². The Morgan fingerprint density at radius 3 is 3.00 bits per heavy atom. The van der Waals surface area contributed by atoms with Crippen LogP contribution in [0.3, 0.4) is 0 Å². The second-order valence-corrected chi connectivity index (χ2v) is 5.47. The Kier molecular flexibility index (Phi) is 3.86. The smallest absolute Gasteiger partial charge is 0.0224 e. The topological polar surface area (TPSA) is 6.48 Å². The first-order valence-corrected chi connectivity index (χ1v) is 6.97. The van der Waals surface area contributed by atoms with Gasteiger partial charge in [0.25, 0.3) is 0 Å². The summed E-state index contributed by atoms with van der Waals surface area (Å²) in [5, 5.41) is 1.14. The summed E-state index contributed by atoms with van der Waals surface area (Å²) in [6.45, 7) is 7.61. The predicted molar refractivity (Wildman–Crippen MR) is 64.0 cm³/mol. The van der Waals surface area contributed by atoms with Crippen molar-refractivity contribution in [2.45, 2.75) is 38.3 Å². The number of alkyl halides is 1. The Morgan fingerprint density at radius 2 is 2.21 bits per heavy atom. The molecule has 2 atom stereocenters. The third-order valence-corrected chi connectivity index (χ3v) is 4.21. The Balaban J connectivity index is 1.86. The maximum Gasteiger partial charge on any atom is 0.0224 e. The minimum atomic E-state index is 0.767. The predicted octanol–water partition coefficient (Wildman–Crippen LogP) is 1.94. The fourth-order valence-corrected chi connectivity index (χ4v) is 3.07. The van der Waals surface area contributed by atoms with Gasteiger partial charge in [0.1, 0.15) is 0 Å². The maximum absolute atomic E-state index is 3.52. The molecule has 2 aliphatic rings. The summed E-state index contributed by atoms with van der Waals surface area (Å²) in [5.41, 5.74) is 0. The van der Waals surface area contributed by atoms with Gasteiger partial charge in [-0.2, -0.15) is 0 Å². The molecule has 82 valence electrons. The molecule has 14 heavy (non-hydrogen) atoms. The maximum atomic E-state index is 3.52. The van der Waals surface area contributed by atoms with Gasteiger partial charge in [0.05, 0.1) is 0 Å². The molecule has 2 saturated heterocycles. The third-order valence-electron chi connectivity index (χ3n) is 3.65. The van der Waals surface area contributed by atoms with Crippen molar-refractivity contribution in [3.8, 4) is 0 Å². The Bertz CT molecular complexity index is 186. The fourth-order valence-electron chi connectivity index (χ4n) is 2.82. The summed E-state index contributed by atoms with van der Waals surface area (Å²) in [4.78, 5) is 5.36. The highest BCUT2D eigenvalue weighted by Crippen LogP contribution is 2.24. The molecule has 2 unspecified atom stereocenters. The van der Waals surface area contributed by atoms with Crippen LogP contribution in [0.15, 0.2) is 0 Å². The Hall–Kier alpha value is 0.400. The summed E-state index contributed by atoms with van der Waals surface area (Å²) < 4.78 is 0. The molecule has 0 aliphatic carbocycles. The van der Waals surface area contributed by atoms with Crippen molar-refractivity contribution < 1.29 is 0 Å². The van der Waals surface area contributed by atoms with Crippen LogP contribution in [0.5, 0.6) is 0 Å². The van der Waals surface area contributed by atoms with Gasteiger partial charge in [-0.25, -0.2) is 0 Å². The fraction of sp³-hybridized carbons (Fsp3) is 1.00. The molecule has 0 aromatic heterocycles. The number of rotatable bonds is 3. The number of hydrogen-bond acceptors (Lipinski definition) is 2. The highest BCUT2D eigenvalue weighted by Gasteiger charge is 2.33. The monoisotopic (exact) mass is 260 g/mol. The second-order valence-electron chi connectivity index (χ2n) is 4.68. The van der Waals surface area contributed by atoms with E-state index in [4.69, 9.17) is 0 Å². The summed E-state index contributed by atoms with van der Waals surface area (Å²) in [6, 6.07) is 1.64. The molecule has 0 saturated carbocycles. The van der Waals surface area contributed by atoms with E-state index in [0.29, 0.717) is 0 Å². The lowest BCUT2D eigenvalue weighted by atomic mass is 10.1. The molecule has 2 nitrogen and oxygen atoms in total. The summed E-state index contributed by atoms with van der Waals surface area (Å²) in [6.07, 6.45) is 4.14. The molecular formula is C11H21BrN2. The van der Waals surface area contributed by atoms with Gasteiger partial charge >= 0.3 is 0 Å². The van der Waals surface area contributed by atoms with Gasteiger partial charge in [-0.3, -0.25) is 9.80 Å². The van der Waals surface area contributed by atoms with Crippen LogP contribution in [0.4, 0.5) is 0 Å². The molecule has 0 bridgehead atoms. The van der Waals surface area contributed by atoms with E-state index in [0.717, 1.165) is 17.4 Å². The van der Waals surface area contributed by atoms with Crippen LogP contribution >= 0.6 is 15.9 Å². The molecule has 0 spiro atoms. The Labute approximate surface area is 95.8 Å². The summed E-state index contributed by atoms with van der Waals surface area (Å²) >= 11 is 3.52. The first-order chi connectivity index (χ1) is 6.81. The summed E-state index contributed by atoms with van der Waals surface area (Å²) in [5.74, 6) is 0. The zero-order chi connectivity index (χ0) is 9.97. The van der Waals surface area contributed by atoms with Crippen molar-refractivity contribution in [2.75, 3.05) is 31.5 Å². The second kappa shape index (κ2) is 4.95. The molecule has 2 rings (SSSR count). The van der Waals surface area contributed by atoms with Crippen molar-refractivity contribution in [3.63, 3.8) is 0 Å². The van der Waals surface area contributed by atoms with Gasteiger partial charge in [0, 0.05) is 30.5 Å². The molecule has 0 radical (unpaired) electrons. The minimum absolute atomic E-state index is 0.767. The van der Waals surface area contributed by atoms with Gasteiger partial charge in [0.15, 0.2) is 0 Å². The average molecular weight is 261 g/mol. The van der Waals surface area contributed by atoms with Gasteiger partial charge in [-0.1, -0.05) is 15.9 Å². The van der Waals surface area contributed by atoms with E-state index in [-0.39, 0.29) is 0 Å². The lowest BCUT2D eigenvalue weighted by Gasteiger charge is -2.42. The number of fused-ring (bicyclic) bond motifs is 1. The highest BCUT2D eigenvalue weighted by molar-refractivity contribution is 9.09. The van der Waals surface area contributed by atoms with Crippen molar-refractivity contribution in [1.82, 2.24) is 9.80 Å². The van der Waals surface area contributed by atoms with E-state index in [9.17, 15) is 0 Å². The average Bonchev–Trinajstić information content (AvgIpc) is 2.61. The van der Waals surface area contributed by atoms with Crippen molar-refractivity contribution >= 4 is 15.9 Å². The zero-order valence-electron chi connectivity index (χ0n) is 9.08. The van der Waals surface area contributed by atoms with Gasteiger partial charge in [-0.15, -0.1) is 0 Å². The largest absolute Gasteiger partial charge is 0.298 e. The van der Waals surface area contributed by atoms with Crippen LogP contribution in [0.25, 0.3) is 0 Å². The molecular weight excluding hydrogens is 240 g/mol. The van der Waals surface area contributed by atoms with Gasteiger partial charge in [-0.05, 0) is 39.3 Å². The van der Waals surface area contributed by atoms with Crippen LogP contribution in [0.2, 0.25) is 0 Å². The molecule has 0 N–H and O–H groups in total. The van der Waals surface area contributed by atoms with Crippen molar-refractivity contribution in [2.24, 2.45) is 0 Å². The van der Waals surface area contributed by atoms with Crippen LogP contribution < -0.4 is 0 Å². The normalized spacial score (nSPS) is 34.7. The van der Waals surface area contributed by atoms with Crippen molar-refractivity contribution in [3.05, 3.63) is 0 Å². The third kappa shape index (κ3) is 2.31. The standard InChI is InChI=1S/C11H21BrN2/c1-10-8-14-6-2-4-11(14)9-13(10)7-3-5-12/h10-11H,2-9H2,1H3. The van der Waals surface area contributed by atoms with Crippen LogP contribution in [-0.2, 0) is 0 Å². The van der Waals surface area contributed by atoms with E-state index in [1.165, 1.54) is 45.4 Å². The molecule has 0 aromatic carbocycles. The number of hydrogen-bond donors (Lipinski definition) is 0. The SMILES string of the molecule is CC1CN2CCCC2CN1CCCBr. The molecule has 3 heteroatoms. The first kappa shape index (κ1) is 10.9. The zero-order valence-corrected chi connectivity index (χ0v) is 10.7. The van der Waals surface area contributed by atoms with E-state index < -0.39 is 0 Å². The van der Waals surface area contributed by atoms with Crippen LogP contribution in [0.1, 0.15) is 26.2 Å². The highest BCUT2D eigenvalue weighted by atomic mass is 79.9. The molecule has 2 aliphatic heterocycles. The molecule has 0 aromatic rings. The minimum Gasteiger partial charge on any atom is -0.298 e. The molecule has 2 fully saturated rings. The lowest BCUT2D eigenvalue weighted by Crippen LogP contribution is -2.55. The first-order valence-electron chi connectivity index (χ1n) is 5.85. The van der Waals surface area contributed by atoms with E-state index in [2.05, 4.69) is 32.7 Å². The van der Waals surface area contributed by atoms with Crippen LogP contribution in [0, 0.1) is 0 Å². The van der Waals surface area contributed by atoms with Crippen LogP contribution in [-0.4, -0.2) is 53.4 Å². The molecule has 2 heterocycles. The summed E-state index contributed by atoms with van der Waals surface area (Å²) in [7, 11) is 0. The van der Waals surface area contributed by atoms with Gasteiger partial charge in [0.2, 0.25) is 0 Å². The number of nitrogens with zero attached hydrogens (tertiary/aromatic N) is 2. The lowest BCUT2D eigenvalue weighted by molar-refractivity contribution is 0.0600. The number of piperazine rings is 1. The quantitative estimate of drug-likeness (QED) is 0.716. The number of halogens is 1. The molecule has 0 amide bonds. The van der Waals surface area contributed by atoms with E-state index in [1.54, 1.807) is 0 Å².